The Kier molecular flexibility index (Phi) is 5.04. The largest absolute Gasteiger partial charge is 0.385 e. The maximum atomic E-state index is 13.0. The number of aryl methyl sites for hydroxylation is 1. The number of benzene rings is 2. The van der Waals surface area contributed by atoms with Gasteiger partial charge >= 0.3 is 0 Å². The molecule has 106 valence electrons. The van der Waals surface area contributed by atoms with Gasteiger partial charge < -0.3 is 5.32 Å². The van der Waals surface area contributed by atoms with Gasteiger partial charge in [0.2, 0.25) is 0 Å². The van der Waals surface area contributed by atoms with Crippen LogP contribution in [0.2, 0.25) is 0 Å². The molecule has 20 heavy (non-hydrogen) atoms. The van der Waals surface area contributed by atoms with E-state index in [0.717, 1.165) is 31.4 Å². The second-order valence-electron chi connectivity index (χ2n) is 4.62. The van der Waals surface area contributed by atoms with E-state index in [1.165, 1.54) is 5.56 Å². The van der Waals surface area contributed by atoms with E-state index in [0.29, 0.717) is 6.54 Å². The molecule has 1 N–H and O–H groups in total. The Morgan fingerprint density at radius 2 is 1.50 bits per heavy atom. The molecule has 0 unspecified atom stereocenters. The molecule has 0 amide bonds. The first-order chi connectivity index (χ1) is 9.66. The second-order valence-corrected chi connectivity index (χ2v) is 4.62. The molecule has 0 bridgehead atoms. The summed E-state index contributed by atoms with van der Waals surface area (Å²) in [4.78, 5) is 0. The monoisotopic (exact) mass is 279 g/mol. The summed E-state index contributed by atoms with van der Waals surface area (Å²) in [7, 11) is 0. The molecule has 0 radical (unpaired) electrons. The summed E-state index contributed by atoms with van der Waals surface area (Å²) in [5, 5.41) is 2.89. The zero-order valence-electron chi connectivity index (χ0n) is 11.0. The maximum Gasteiger partial charge on any atom is 0.194 e. The predicted molar refractivity (Wildman–Crippen MR) is 74.2 cm³/mol. The average molecular weight is 279 g/mol. The summed E-state index contributed by atoms with van der Waals surface area (Å²) >= 11 is 0. The van der Waals surface area contributed by atoms with Crippen molar-refractivity contribution in [2.45, 2.75) is 19.3 Å². The highest BCUT2D eigenvalue weighted by Gasteiger charge is 2.09. The van der Waals surface area contributed by atoms with Crippen molar-refractivity contribution in [3.63, 3.8) is 0 Å². The van der Waals surface area contributed by atoms with Crippen molar-refractivity contribution < 1.29 is 13.2 Å². The number of rotatable bonds is 6. The summed E-state index contributed by atoms with van der Waals surface area (Å²) in [6, 6.07) is 12.0. The van der Waals surface area contributed by atoms with E-state index < -0.39 is 17.5 Å². The van der Waals surface area contributed by atoms with E-state index in [1.54, 1.807) is 0 Å². The van der Waals surface area contributed by atoms with E-state index in [9.17, 15) is 13.2 Å². The Hall–Kier alpha value is -1.97. The maximum absolute atomic E-state index is 13.0. The smallest absolute Gasteiger partial charge is 0.194 e. The number of hydrogen-bond donors (Lipinski definition) is 1. The molecule has 0 aromatic heterocycles. The minimum atomic E-state index is -1.43. The van der Waals surface area contributed by atoms with E-state index in [-0.39, 0.29) is 5.69 Å². The molecule has 2 aromatic rings. The Morgan fingerprint density at radius 1 is 0.850 bits per heavy atom. The molecular formula is C16H16F3N. The van der Waals surface area contributed by atoms with Gasteiger partial charge in [0.05, 0.1) is 0 Å². The number of hydrogen-bond acceptors (Lipinski definition) is 1. The van der Waals surface area contributed by atoms with Crippen molar-refractivity contribution in [2.24, 2.45) is 0 Å². The van der Waals surface area contributed by atoms with E-state index in [4.69, 9.17) is 0 Å². The molecule has 0 spiro atoms. The van der Waals surface area contributed by atoms with Crippen molar-refractivity contribution >= 4 is 5.69 Å². The number of anilines is 1. The van der Waals surface area contributed by atoms with Crippen LogP contribution in [0.25, 0.3) is 0 Å². The molecule has 0 fully saturated rings. The fraction of sp³-hybridized carbons (Fsp3) is 0.250. The van der Waals surface area contributed by atoms with Gasteiger partial charge in [-0.1, -0.05) is 30.3 Å². The highest BCUT2D eigenvalue weighted by molar-refractivity contribution is 5.44. The van der Waals surface area contributed by atoms with Gasteiger partial charge in [0.15, 0.2) is 17.5 Å². The van der Waals surface area contributed by atoms with Gasteiger partial charge in [-0.05, 0) is 24.8 Å². The van der Waals surface area contributed by atoms with Crippen LogP contribution in [0, 0.1) is 17.5 Å². The van der Waals surface area contributed by atoms with Crippen LogP contribution in [0.3, 0.4) is 0 Å². The summed E-state index contributed by atoms with van der Waals surface area (Å²) in [5.41, 5.74) is 1.53. The number of unbranched alkanes of at least 4 members (excludes halogenated alkanes) is 1. The lowest BCUT2D eigenvalue weighted by molar-refractivity contribution is 0.447. The molecule has 4 heteroatoms. The Bertz CT molecular complexity index is 532. The first kappa shape index (κ1) is 14.4. The molecule has 2 rings (SSSR count). The first-order valence-corrected chi connectivity index (χ1v) is 6.59. The summed E-state index contributed by atoms with van der Waals surface area (Å²) in [6.07, 6.45) is 2.81. The van der Waals surface area contributed by atoms with E-state index >= 15 is 0 Å². The number of nitrogens with one attached hydrogen (secondary N) is 1. The van der Waals surface area contributed by atoms with Gasteiger partial charge in [0.25, 0.3) is 0 Å². The van der Waals surface area contributed by atoms with E-state index in [1.807, 2.05) is 18.2 Å². The minimum Gasteiger partial charge on any atom is -0.385 e. The minimum absolute atomic E-state index is 0.265. The van der Waals surface area contributed by atoms with Gasteiger partial charge in [-0.3, -0.25) is 0 Å². The Balaban J connectivity index is 1.74. The molecule has 0 atom stereocenters. The summed E-state index contributed by atoms with van der Waals surface area (Å²) < 4.78 is 38.7. The average Bonchev–Trinajstić information content (AvgIpc) is 2.45. The van der Waals surface area contributed by atoms with Crippen LogP contribution in [0.1, 0.15) is 18.4 Å². The van der Waals surface area contributed by atoms with Gasteiger partial charge in [0, 0.05) is 24.4 Å². The van der Waals surface area contributed by atoms with Gasteiger partial charge in [-0.2, -0.15) is 0 Å². The van der Waals surface area contributed by atoms with Crippen LogP contribution in [-0.2, 0) is 6.42 Å². The van der Waals surface area contributed by atoms with Gasteiger partial charge in [-0.25, -0.2) is 13.2 Å². The molecule has 0 aliphatic rings. The van der Waals surface area contributed by atoms with Crippen molar-refractivity contribution in [2.75, 3.05) is 11.9 Å². The van der Waals surface area contributed by atoms with Crippen molar-refractivity contribution in [1.82, 2.24) is 0 Å². The highest BCUT2D eigenvalue weighted by Crippen LogP contribution is 2.17. The van der Waals surface area contributed by atoms with Crippen LogP contribution < -0.4 is 5.32 Å². The standard InChI is InChI=1S/C16H16F3N/c17-14-10-13(11-15(18)16(14)19)20-9-5-4-8-12-6-2-1-3-7-12/h1-3,6-7,10-11,20H,4-5,8-9H2. The topological polar surface area (TPSA) is 12.0 Å². The molecule has 0 saturated heterocycles. The quantitative estimate of drug-likeness (QED) is 0.604. The fourth-order valence-corrected chi connectivity index (χ4v) is 1.99. The third-order valence-electron chi connectivity index (χ3n) is 3.05. The van der Waals surface area contributed by atoms with Crippen LogP contribution in [0.15, 0.2) is 42.5 Å². The lowest BCUT2D eigenvalue weighted by Crippen LogP contribution is -2.04. The lowest BCUT2D eigenvalue weighted by Gasteiger charge is -2.07. The first-order valence-electron chi connectivity index (χ1n) is 6.59. The fourth-order valence-electron chi connectivity index (χ4n) is 1.99. The third kappa shape index (κ3) is 4.02. The van der Waals surface area contributed by atoms with Crippen LogP contribution in [0.4, 0.5) is 18.9 Å². The molecule has 2 aromatic carbocycles. The van der Waals surface area contributed by atoms with Gasteiger partial charge in [-0.15, -0.1) is 0 Å². The van der Waals surface area contributed by atoms with Crippen molar-refractivity contribution in [3.05, 3.63) is 65.5 Å². The molecule has 0 saturated carbocycles. The molecular weight excluding hydrogens is 263 g/mol. The van der Waals surface area contributed by atoms with E-state index in [2.05, 4.69) is 17.4 Å². The van der Waals surface area contributed by atoms with Crippen LogP contribution in [-0.4, -0.2) is 6.54 Å². The van der Waals surface area contributed by atoms with Gasteiger partial charge in [0.1, 0.15) is 0 Å². The zero-order valence-corrected chi connectivity index (χ0v) is 11.0. The molecule has 0 aliphatic carbocycles. The molecule has 1 nitrogen and oxygen atoms in total. The van der Waals surface area contributed by atoms with Crippen LogP contribution >= 0.6 is 0 Å². The highest BCUT2D eigenvalue weighted by atomic mass is 19.2. The molecule has 0 heterocycles. The third-order valence-corrected chi connectivity index (χ3v) is 3.05. The zero-order chi connectivity index (χ0) is 14.4. The predicted octanol–water partition coefficient (Wildman–Crippen LogP) is 4.54. The SMILES string of the molecule is Fc1cc(NCCCCc2ccccc2)cc(F)c1F. The number of halogens is 3. The van der Waals surface area contributed by atoms with Crippen molar-refractivity contribution in [1.29, 1.82) is 0 Å². The lowest BCUT2D eigenvalue weighted by atomic mass is 10.1. The summed E-state index contributed by atoms with van der Waals surface area (Å²) in [5.74, 6) is -3.77. The normalized spacial score (nSPS) is 10.6. The Morgan fingerprint density at radius 3 is 2.15 bits per heavy atom. The summed E-state index contributed by atoms with van der Waals surface area (Å²) in [6.45, 7) is 0.595. The van der Waals surface area contributed by atoms with Crippen molar-refractivity contribution in [3.8, 4) is 0 Å². The second kappa shape index (κ2) is 6.98. The Labute approximate surface area is 116 Å². The van der Waals surface area contributed by atoms with Crippen LogP contribution in [0.5, 0.6) is 0 Å². The molecule has 0 aliphatic heterocycles.